The van der Waals surface area contributed by atoms with Crippen LogP contribution in [0, 0.1) is 5.82 Å². The van der Waals surface area contributed by atoms with Crippen LogP contribution < -0.4 is 4.72 Å². The van der Waals surface area contributed by atoms with E-state index >= 15 is 0 Å². The van der Waals surface area contributed by atoms with Crippen molar-refractivity contribution in [3.05, 3.63) is 51.2 Å². The van der Waals surface area contributed by atoms with Gasteiger partial charge in [0.15, 0.2) is 5.82 Å². The molecule has 146 valence electrons. The molecule has 0 aliphatic heterocycles. The summed E-state index contributed by atoms with van der Waals surface area (Å²) in [6.45, 7) is -0.0902. The van der Waals surface area contributed by atoms with E-state index in [9.17, 15) is 12.8 Å². The molecule has 0 spiro atoms. The molecule has 4 rings (SSSR count). The molecular weight excluding hydrogens is 447 g/mol. The van der Waals surface area contributed by atoms with Crippen LogP contribution in [-0.2, 0) is 23.0 Å². The Kier molecular flexibility index (Phi) is 5.19. The van der Waals surface area contributed by atoms with Crippen LogP contribution in [-0.4, -0.2) is 29.9 Å². The highest BCUT2D eigenvalue weighted by Crippen LogP contribution is 2.37. The van der Waals surface area contributed by atoms with E-state index in [1.54, 1.807) is 24.3 Å². The van der Waals surface area contributed by atoms with Crippen molar-refractivity contribution in [1.82, 2.24) is 19.9 Å². The van der Waals surface area contributed by atoms with E-state index in [1.165, 1.54) is 22.7 Å². The Morgan fingerprint density at radius 2 is 1.96 bits per heavy atom. The fourth-order valence-electron chi connectivity index (χ4n) is 2.48. The molecule has 0 saturated heterocycles. The van der Waals surface area contributed by atoms with Crippen molar-refractivity contribution in [2.45, 2.75) is 13.0 Å². The van der Waals surface area contributed by atoms with Gasteiger partial charge in [-0.2, -0.15) is 0 Å². The summed E-state index contributed by atoms with van der Waals surface area (Å²) in [4.78, 5) is 5.17. The number of halogens is 2. The predicted molar refractivity (Wildman–Crippen MR) is 107 cm³/mol. The van der Waals surface area contributed by atoms with Crippen molar-refractivity contribution in [3.8, 4) is 10.4 Å². The third-order valence-electron chi connectivity index (χ3n) is 3.68. The third kappa shape index (κ3) is 4.23. The van der Waals surface area contributed by atoms with Crippen LogP contribution in [0.1, 0.15) is 16.8 Å². The number of benzene rings is 1. The first-order valence-electron chi connectivity index (χ1n) is 7.88. The molecule has 1 aromatic carbocycles. The van der Waals surface area contributed by atoms with Crippen molar-refractivity contribution in [2.24, 2.45) is 0 Å². The van der Waals surface area contributed by atoms with Gasteiger partial charge in [-0.3, -0.25) is 0 Å². The fraction of sp³-hybridized carbons (Fsp3) is 0.188. The zero-order valence-electron chi connectivity index (χ0n) is 14.3. The van der Waals surface area contributed by atoms with Gasteiger partial charge in [0, 0.05) is 10.4 Å². The largest absolute Gasteiger partial charge is 0.423 e. The monoisotopic (exact) mass is 458 g/mol. The molecule has 0 bridgehead atoms. The van der Waals surface area contributed by atoms with Gasteiger partial charge in [0.05, 0.1) is 33.8 Å². The minimum atomic E-state index is -3.36. The van der Waals surface area contributed by atoms with Crippen molar-refractivity contribution in [2.75, 3.05) is 6.26 Å². The minimum Gasteiger partial charge on any atom is -0.423 e. The number of nitrogens with one attached hydrogen (secondary N) is 1. The first kappa shape index (κ1) is 19.4. The fourth-order valence-corrected chi connectivity index (χ4v) is 4.93. The Balaban J connectivity index is 1.57. The molecule has 0 atom stereocenters. The number of thiazole rings is 1. The van der Waals surface area contributed by atoms with E-state index in [0.717, 1.165) is 11.1 Å². The second-order valence-electron chi connectivity index (χ2n) is 5.85. The summed E-state index contributed by atoms with van der Waals surface area (Å²) >= 11 is 8.47. The Bertz CT molecular complexity index is 1270. The Morgan fingerprint density at radius 1 is 1.18 bits per heavy atom. The van der Waals surface area contributed by atoms with Gasteiger partial charge in [-0.25, -0.2) is 22.5 Å². The molecule has 1 N–H and O–H groups in total. The average Bonchev–Trinajstić information content (AvgIpc) is 3.33. The summed E-state index contributed by atoms with van der Waals surface area (Å²) in [6.07, 6.45) is 1.27. The Hall–Kier alpha value is -1.92. The van der Waals surface area contributed by atoms with E-state index in [0.29, 0.717) is 25.1 Å². The minimum absolute atomic E-state index is 0.0902. The van der Waals surface area contributed by atoms with Crippen LogP contribution in [0.3, 0.4) is 0 Å². The third-order valence-corrected chi connectivity index (χ3v) is 6.67. The molecule has 4 aromatic rings. The first-order chi connectivity index (χ1) is 13.3. The zero-order valence-corrected chi connectivity index (χ0v) is 17.5. The molecule has 0 aliphatic carbocycles. The van der Waals surface area contributed by atoms with Gasteiger partial charge in [0.25, 0.3) is 0 Å². The van der Waals surface area contributed by atoms with Crippen LogP contribution >= 0.6 is 34.3 Å². The van der Waals surface area contributed by atoms with Crippen molar-refractivity contribution < 1.29 is 17.2 Å². The maximum absolute atomic E-state index is 14.9. The molecule has 0 unspecified atom stereocenters. The number of aromatic nitrogens is 3. The summed E-state index contributed by atoms with van der Waals surface area (Å²) in [5.41, 5.74) is 1.02. The topological polar surface area (TPSA) is 98.0 Å². The Morgan fingerprint density at radius 3 is 2.68 bits per heavy atom. The zero-order chi connectivity index (χ0) is 19.9. The SMILES string of the molecule is CS(=O)(=O)NCc1nnc(Cc2nc3ccc(-c4ccc(Cl)s4)c(F)c3s2)o1. The molecule has 0 aliphatic rings. The standard InChI is InChI=1S/C16H12ClFN4O3S3/c1-28(23,24)19-7-13-22-21-12(25-13)6-14-20-9-3-2-8(15(18)16(9)27-14)10-4-5-11(17)26-10/h2-5,19H,6-7H2,1H3. The quantitative estimate of drug-likeness (QED) is 0.471. The van der Waals surface area contributed by atoms with Gasteiger partial charge in [-0.15, -0.1) is 32.9 Å². The summed E-state index contributed by atoms with van der Waals surface area (Å²) in [6, 6.07) is 6.96. The van der Waals surface area contributed by atoms with Crippen molar-refractivity contribution in [3.63, 3.8) is 0 Å². The second kappa shape index (κ2) is 7.48. The van der Waals surface area contributed by atoms with E-state index in [2.05, 4.69) is 19.9 Å². The lowest BCUT2D eigenvalue weighted by Crippen LogP contribution is -2.21. The number of sulfonamides is 1. The van der Waals surface area contributed by atoms with Crippen LogP contribution in [0.4, 0.5) is 4.39 Å². The van der Waals surface area contributed by atoms with Gasteiger partial charge in [-0.05, 0) is 24.3 Å². The van der Waals surface area contributed by atoms with Crippen LogP contribution in [0.2, 0.25) is 4.34 Å². The highest BCUT2D eigenvalue weighted by atomic mass is 35.5. The lowest BCUT2D eigenvalue weighted by molar-refractivity contribution is 0.451. The number of hydrogen-bond acceptors (Lipinski definition) is 8. The number of rotatable bonds is 6. The summed E-state index contributed by atoms with van der Waals surface area (Å²) in [7, 11) is -3.36. The maximum Gasteiger partial charge on any atom is 0.231 e. The highest BCUT2D eigenvalue weighted by molar-refractivity contribution is 7.88. The molecule has 12 heteroatoms. The number of thiophene rings is 1. The molecule has 0 amide bonds. The number of fused-ring (bicyclic) bond motifs is 1. The van der Waals surface area contributed by atoms with Crippen molar-refractivity contribution in [1.29, 1.82) is 0 Å². The first-order valence-corrected chi connectivity index (χ1v) is 11.8. The Labute approximate surface area is 172 Å². The molecule has 0 radical (unpaired) electrons. The van der Waals surface area contributed by atoms with E-state index in [1.807, 2.05) is 0 Å². The normalized spacial score (nSPS) is 12.1. The van der Waals surface area contributed by atoms with Gasteiger partial charge in [-0.1, -0.05) is 11.6 Å². The summed E-state index contributed by atoms with van der Waals surface area (Å²) < 4.78 is 45.9. The molecule has 0 fully saturated rings. The molecule has 28 heavy (non-hydrogen) atoms. The van der Waals surface area contributed by atoms with Crippen LogP contribution in [0.5, 0.6) is 0 Å². The molecule has 7 nitrogen and oxygen atoms in total. The van der Waals surface area contributed by atoms with Crippen LogP contribution in [0.15, 0.2) is 28.7 Å². The van der Waals surface area contributed by atoms with Gasteiger partial charge in [0.1, 0.15) is 5.01 Å². The summed E-state index contributed by atoms with van der Waals surface area (Å²) in [5, 5.41) is 8.28. The van der Waals surface area contributed by atoms with E-state index in [-0.39, 0.29) is 30.6 Å². The maximum atomic E-state index is 14.9. The van der Waals surface area contributed by atoms with Gasteiger partial charge in [0.2, 0.25) is 21.8 Å². The van der Waals surface area contributed by atoms with E-state index < -0.39 is 10.0 Å². The summed E-state index contributed by atoms with van der Waals surface area (Å²) in [5.74, 6) is 0.0722. The molecule has 3 aromatic heterocycles. The van der Waals surface area contributed by atoms with Crippen LogP contribution in [0.25, 0.3) is 20.7 Å². The molecule has 0 saturated carbocycles. The van der Waals surface area contributed by atoms with Crippen molar-refractivity contribution >= 4 is 54.5 Å². The van der Waals surface area contributed by atoms with Gasteiger partial charge < -0.3 is 4.42 Å². The lowest BCUT2D eigenvalue weighted by atomic mass is 10.1. The number of nitrogens with zero attached hydrogens (tertiary/aromatic N) is 3. The predicted octanol–water partition coefficient (Wildman–Crippen LogP) is 3.84. The van der Waals surface area contributed by atoms with E-state index in [4.69, 9.17) is 16.0 Å². The second-order valence-corrected chi connectivity index (χ2v) is 10.5. The lowest BCUT2D eigenvalue weighted by Gasteiger charge is -2.00. The molecule has 3 heterocycles. The smallest absolute Gasteiger partial charge is 0.231 e. The number of hydrogen-bond donors (Lipinski definition) is 1. The van der Waals surface area contributed by atoms with Gasteiger partial charge >= 0.3 is 0 Å². The average molecular weight is 459 g/mol. The molecular formula is C16H12ClFN4O3S3. The highest BCUT2D eigenvalue weighted by Gasteiger charge is 2.17.